The van der Waals surface area contributed by atoms with Crippen molar-refractivity contribution in [3.63, 3.8) is 0 Å². The number of hydrogen-bond donors (Lipinski definition) is 1. The van der Waals surface area contributed by atoms with Crippen LogP contribution in [-0.2, 0) is 4.79 Å². The Hall–Kier alpha value is -2.40. The van der Waals surface area contributed by atoms with Crippen molar-refractivity contribution in [1.29, 1.82) is 0 Å². The number of carbonyl (C=O) groups excluding carboxylic acids is 1. The molecule has 0 spiro atoms. The van der Waals surface area contributed by atoms with Gasteiger partial charge in [-0.15, -0.1) is 0 Å². The molecule has 0 unspecified atom stereocenters. The van der Waals surface area contributed by atoms with Gasteiger partial charge < -0.3 is 19.5 Å². The third-order valence-corrected chi connectivity index (χ3v) is 4.12. The monoisotopic (exact) mass is 377 g/mol. The van der Waals surface area contributed by atoms with Crippen LogP contribution in [0.4, 0.5) is 0 Å². The van der Waals surface area contributed by atoms with Crippen LogP contribution >= 0.6 is 11.6 Å². The van der Waals surface area contributed by atoms with Crippen molar-refractivity contribution in [3.05, 3.63) is 53.1 Å². The van der Waals surface area contributed by atoms with Crippen molar-refractivity contribution in [2.45, 2.75) is 19.8 Å². The van der Waals surface area contributed by atoms with Crippen LogP contribution in [0, 0.1) is 6.92 Å². The molecule has 0 bridgehead atoms. The molecule has 0 aliphatic rings. The van der Waals surface area contributed by atoms with Crippen LogP contribution in [-0.4, -0.2) is 32.8 Å². The summed E-state index contributed by atoms with van der Waals surface area (Å²) < 4.78 is 16.4. The average molecular weight is 378 g/mol. The van der Waals surface area contributed by atoms with Crippen LogP contribution in [0.15, 0.2) is 42.5 Å². The second kappa shape index (κ2) is 10.6. The number of rotatable bonds is 10. The maximum Gasteiger partial charge on any atom is 0.220 e. The van der Waals surface area contributed by atoms with Gasteiger partial charge in [-0.1, -0.05) is 23.7 Å². The summed E-state index contributed by atoms with van der Waals surface area (Å²) >= 11 is 5.97. The number of methoxy groups -OCH3 is 1. The van der Waals surface area contributed by atoms with Gasteiger partial charge >= 0.3 is 0 Å². The van der Waals surface area contributed by atoms with Gasteiger partial charge in [0.1, 0.15) is 12.4 Å². The summed E-state index contributed by atoms with van der Waals surface area (Å²) in [5.74, 6) is 2.08. The number of hydrogen-bond acceptors (Lipinski definition) is 4. The zero-order valence-corrected chi connectivity index (χ0v) is 15.8. The number of halogens is 1. The fourth-order valence-electron chi connectivity index (χ4n) is 2.31. The highest BCUT2D eigenvalue weighted by molar-refractivity contribution is 6.31. The molecule has 140 valence electrons. The van der Waals surface area contributed by atoms with Crippen molar-refractivity contribution in [3.8, 4) is 17.2 Å². The zero-order chi connectivity index (χ0) is 18.8. The Balaban J connectivity index is 1.58. The molecule has 0 saturated heterocycles. The fourth-order valence-corrected chi connectivity index (χ4v) is 2.43. The lowest BCUT2D eigenvalue weighted by molar-refractivity contribution is -0.121. The van der Waals surface area contributed by atoms with Crippen LogP contribution in [0.1, 0.15) is 18.4 Å². The van der Waals surface area contributed by atoms with Gasteiger partial charge in [0.15, 0.2) is 11.5 Å². The zero-order valence-electron chi connectivity index (χ0n) is 15.1. The third-order valence-electron chi connectivity index (χ3n) is 3.70. The van der Waals surface area contributed by atoms with E-state index in [2.05, 4.69) is 5.32 Å². The Labute approximate surface area is 159 Å². The lowest BCUT2D eigenvalue weighted by Gasteiger charge is -2.11. The first-order valence-electron chi connectivity index (χ1n) is 8.51. The molecule has 0 atom stereocenters. The summed E-state index contributed by atoms with van der Waals surface area (Å²) in [6.07, 6.45) is 1.04. The standard InChI is InChI=1S/C20H24ClNO4/c1-15-14-16(9-10-17(15)21)25-12-5-8-20(23)22-11-13-26-19-7-4-3-6-18(19)24-2/h3-4,6-7,9-10,14H,5,8,11-13H2,1-2H3,(H,22,23). The molecule has 0 aliphatic heterocycles. The highest BCUT2D eigenvalue weighted by Gasteiger charge is 2.04. The maximum absolute atomic E-state index is 11.8. The van der Waals surface area contributed by atoms with Gasteiger partial charge in [-0.3, -0.25) is 4.79 Å². The van der Waals surface area contributed by atoms with Crippen molar-refractivity contribution in [1.82, 2.24) is 5.32 Å². The van der Waals surface area contributed by atoms with Gasteiger partial charge in [-0.05, 0) is 49.2 Å². The number of nitrogens with one attached hydrogen (secondary N) is 1. The Morgan fingerprint density at radius 3 is 2.58 bits per heavy atom. The first-order chi connectivity index (χ1) is 12.6. The minimum Gasteiger partial charge on any atom is -0.494 e. The van der Waals surface area contributed by atoms with E-state index in [0.29, 0.717) is 49.1 Å². The molecule has 0 aliphatic carbocycles. The normalized spacial score (nSPS) is 10.3. The van der Waals surface area contributed by atoms with Crippen molar-refractivity contribution in [2.75, 3.05) is 26.9 Å². The average Bonchev–Trinajstić information content (AvgIpc) is 2.65. The number of para-hydroxylation sites is 2. The van der Waals surface area contributed by atoms with Crippen molar-refractivity contribution < 1.29 is 19.0 Å². The molecule has 0 saturated carbocycles. The molecule has 2 rings (SSSR count). The summed E-state index contributed by atoms with van der Waals surface area (Å²) in [6, 6.07) is 12.9. The molecule has 5 nitrogen and oxygen atoms in total. The molecule has 2 aromatic carbocycles. The van der Waals surface area contributed by atoms with E-state index in [1.165, 1.54) is 0 Å². The second-order valence-corrected chi connectivity index (χ2v) is 6.12. The predicted molar refractivity (Wildman–Crippen MR) is 102 cm³/mol. The van der Waals surface area contributed by atoms with E-state index in [0.717, 1.165) is 11.3 Å². The molecular formula is C20H24ClNO4. The number of carbonyl (C=O) groups is 1. The van der Waals surface area contributed by atoms with Gasteiger partial charge in [0.2, 0.25) is 5.91 Å². The molecule has 1 N–H and O–H groups in total. The SMILES string of the molecule is COc1ccccc1OCCNC(=O)CCCOc1ccc(Cl)c(C)c1. The van der Waals surface area contributed by atoms with Crippen LogP contribution in [0.2, 0.25) is 5.02 Å². The number of ether oxygens (including phenoxy) is 3. The lowest BCUT2D eigenvalue weighted by Crippen LogP contribution is -2.28. The van der Waals surface area contributed by atoms with E-state index < -0.39 is 0 Å². The third kappa shape index (κ3) is 6.48. The summed E-state index contributed by atoms with van der Waals surface area (Å²) in [6.45, 7) is 3.22. The molecule has 1 amide bonds. The highest BCUT2D eigenvalue weighted by Crippen LogP contribution is 2.25. The van der Waals surface area contributed by atoms with E-state index in [1.54, 1.807) is 13.2 Å². The van der Waals surface area contributed by atoms with Gasteiger partial charge in [0.25, 0.3) is 0 Å². The summed E-state index contributed by atoms with van der Waals surface area (Å²) in [7, 11) is 1.59. The van der Waals surface area contributed by atoms with E-state index in [1.807, 2.05) is 43.3 Å². The number of benzene rings is 2. The maximum atomic E-state index is 11.8. The first-order valence-corrected chi connectivity index (χ1v) is 8.89. The van der Waals surface area contributed by atoms with E-state index in [9.17, 15) is 4.79 Å². The molecule has 0 fully saturated rings. The van der Waals surface area contributed by atoms with Crippen LogP contribution in [0.5, 0.6) is 17.2 Å². The van der Waals surface area contributed by atoms with Gasteiger partial charge in [0, 0.05) is 11.4 Å². The van der Waals surface area contributed by atoms with Gasteiger partial charge in [-0.2, -0.15) is 0 Å². The van der Waals surface area contributed by atoms with E-state index >= 15 is 0 Å². The lowest BCUT2D eigenvalue weighted by atomic mass is 10.2. The largest absolute Gasteiger partial charge is 0.494 e. The molecule has 6 heteroatoms. The smallest absolute Gasteiger partial charge is 0.220 e. The Morgan fingerprint density at radius 1 is 1.08 bits per heavy atom. The van der Waals surface area contributed by atoms with Crippen molar-refractivity contribution >= 4 is 17.5 Å². The number of aryl methyl sites for hydroxylation is 1. The Morgan fingerprint density at radius 2 is 1.85 bits per heavy atom. The quantitative estimate of drug-likeness (QED) is 0.635. The van der Waals surface area contributed by atoms with Crippen LogP contribution in [0.3, 0.4) is 0 Å². The minimum atomic E-state index is -0.0236. The molecule has 0 aromatic heterocycles. The first kappa shape index (κ1) is 19.9. The van der Waals surface area contributed by atoms with Gasteiger partial charge in [0.05, 0.1) is 20.3 Å². The molecule has 2 aromatic rings. The van der Waals surface area contributed by atoms with E-state index in [-0.39, 0.29) is 5.91 Å². The molecule has 26 heavy (non-hydrogen) atoms. The topological polar surface area (TPSA) is 56.8 Å². The second-order valence-electron chi connectivity index (χ2n) is 5.71. The Kier molecular flexibility index (Phi) is 8.09. The molecule has 0 heterocycles. The molecular weight excluding hydrogens is 354 g/mol. The minimum absolute atomic E-state index is 0.0236. The molecule has 0 radical (unpaired) electrons. The van der Waals surface area contributed by atoms with Crippen LogP contribution in [0.25, 0.3) is 0 Å². The Bertz CT molecular complexity index is 721. The van der Waals surface area contributed by atoms with E-state index in [4.69, 9.17) is 25.8 Å². The summed E-state index contributed by atoms with van der Waals surface area (Å²) in [5, 5.41) is 3.54. The predicted octanol–water partition coefficient (Wildman–Crippen LogP) is 4.01. The van der Waals surface area contributed by atoms with Crippen molar-refractivity contribution in [2.24, 2.45) is 0 Å². The fraction of sp³-hybridized carbons (Fsp3) is 0.350. The summed E-state index contributed by atoms with van der Waals surface area (Å²) in [5.41, 5.74) is 0.969. The summed E-state index contributed by atoms with van der Waals surface area (Å²) in [4.78, 5) is 11.8. The highest BCUT2D eigenvalue weighted by atomic mass is 35.5. The van der Waals surface area contributed by atoms with Crippen LogP contribution < -0.4 is 19.5 Å². The van der Waals surface area contributed by atoms with Gasteiger partial charge in [-0.25, -0.2) is 0 Å². The number of amides is 1.